The van der Waals surface area contributed by atoms with E-state index in [4.69, 9.17) is 0 Å². The summed E-state index contributed by atoms with van der Waals surface area (Å²) < 4.78 is 0. The maximum Gasteiger partial charge on any atom is 0.185 e. The smallest absolute Gasteiger partial charge is 0.185 e. The van der Waals surface area contributed by atoms with Crippen molar-refractivity contribution in [3.8, 4) is 0 Å². The second kappa shape index (κ2) is 4.17. The molecule has 3 heterocycles. The molecule has 16 heavy (non-hydrogen) atoms. The van der Waals surface area contributed by atoms with Crippen molar-refractivity contribution >= 4 is 17.5 Å². The first kappa shape index (κ1) is 10.3. The maximum absolute atomic E-state index is 12.2. The molecule has 3 nitrogen and oxygen atoms in total. The van der Waals surface area contributed by atoms with Crippen LogP contribution in [-0.4, -0.2) is 26.3 Å². The topological polar surface area (TPSA) is 42.9 Å². The first-order valence-corrected chi connectivity index (χ1v) is 6.73. The van der Waals surface area contributed by atoms with Gasteiger partial charge in [0, 0.05) is 28.8 Å². The number of carbonyl (C=O) groups is 1. The minimum Gasteiger partial charge on any atom is -0.292 e. The van der Waals surface area contributed by atoms with Gasteiger partial charge in [-0.3, -0.25) is 9.78 Å². The SMILES string of the molecule is O=C(c1cnccn1)C1CC2CCC(C1)S2. The Bertz CT molecular complexity index is 383. The summed E-state index contributed by atoms with van der Waals surface area (Å²) in [6, 6.07) is 0. The summed E-state index contributed by atoms with van der Waals surface area (Å²) in [5, 5.41) is 1.42. The fraction of sp³-hybridized carbons (Fsp3) is 0.583. The van der Waals surface area contributed by atoms with Crippen LogP contribution in [0.4, 0.5) is 0 Å². The van der Waals surface area contributed by atoms with Gasteiger partial charge in [0.05, 0.1) is 6.20 Å². The molecule has 3 rings (SSSR count). The van der Waals surface area contributed by atoms with E-state index in [1.165, 1.54) is 12.8 Å². The van der Waals surface area contributed by atoms with Gasteiger partial charge >= 0.3 is 0 Å². The minimum atomic E-state index is 0.190. The number of fused-ring (bicyclic) bond motifs is 2. The first-order chi connectivity index (χ1) is 7.83. The molecule has 2 fully saturated rings. The average Bonchev–Trinajstić information content (AvgIpc) is 2.68. The Kier molecular flexibility index (Phi) is 2.67. The average molecular weight is 234 g/mol. The normalized spacial score (nSPS) is 32.6. The maximum atomic E-state index is 12.2. The standard InChI is InChI=1S/C12H14N2OS/c15-12(11-7-13-3-4-14-11)8-5-9-1-2-10(6-8)16-9/h3-4,7-10H,1-2,5-6H2. The van der Waals surface area contributed by atoms with E-state index in [-0.39, 0.29) is 11.7 Å². The zero-order valence-electron chi connectivity index (χ0n) is 9.00. The fourth-order valence-corrected chi connectivity index (χ4v) is 4.48. The molecule has 0 aliphatic carbocycles. The van der Waals surface area contributed by atoms with Crippen LogP contribution < -0.4 is 0 Å². The highest BCUT2D eigenvalue weighted by Gasteiger charge is 2.38. The van der Waals surface area contributed by atoms with Crippen molar-refractivity contribution in [1.82, 2.24) is 9.97 Å². The number of Topliss-reactive ketones (excluding diaryl/α,β-unsaturated/α-hetero) is 1. The zero-order chi connectivity index (χ0) is 11.0. The number of carbonyl (C=O) groups excluding carboxylic acids is 1. The van der Waals surface area contributed by atoms with E-state index in [9.17, 15) is 4.79 Å². The van der Waals surface area contributed by atoms with Gasteiger partial charge in [0.1, 0.15) is 5.69 Å². The Morgan fingerprint density at radius 3 is 2.62 bits per heavy atom. The highest BCUT2D eigenvalue weighted by molar-refractivity contribution is 8.00. The third kappa shape index (κ3) is 1.86. The van der Waals surface area contributed by atoms with Crippen LogP contribution in [0.15, 0.2) is 18.6 Å². The number of aromatic nitrogens is 2. The van der Waals surface area contributed by atoms with Crippen LogP contribution >= 0.6 is 11.8 Å². The highest BCUT2D eigenvalue weighted by Crippen LogP contribution is 2.46. The molecule has 0 radical (unpaired) electrons. The molecule has 1 aromatic heterocycles. The molecule has 0 amide bonds. The molecule has 1 aromatic rings. The van der Waals surface area contributed by atoms with Crippen LogP contribution in [-0.2, 0) is 0 Å². The van der Waals surface area contributed by atoms with E-state index >= 15 is 0 Å². The molecular formula is C12H14N2OS. The van der Waals surface area contributed by atoms with Crippen molar-refractivity contribution in [3.05, 3.63) is 24.3 Å². The number of hydrogen-bond donors (Lipinski definition) is 0. The summed E-state index contributed by atoms with van der Waals surface area (Å²) in [5.41, 5.74) is 0.541. The summed E-state index contributed by atoms with van der Waals surface area (Å²) in [6.07, 6.45) is 9.45. The van der Waals surface area contributed by atoms with Crippen LogP contribution in [0.5, 0.6) is 0 Å². The summed E-state index contributed by atoms with van der Waals surface area (Å²) in [7, 11) is 0. The Labute approximate surface area is 99.1 Å². The molecule has 0 aromatic carbocycles. The molecule has 2 aliphatic heterocycles. The van der Waals surface area contributed by atoms with E-state index in [0.29, 0.717) is 16.2 Å². The first-order valence-electron chi connectivity index (χ1n) is 5.78. The second-order valence-corrected chi connectivity index (χ2v) is 6.19. The van der Waals surface area contributed by atoms with Gasteiger partial charge in [-0.2, -0.15) is 11.8 Å². The Balaban J connectivity index is 1.76. The molecule has 2 atom stereocenters. The van der Waals surface area contributed by atoms with Crippen molar-refractivity contribution in [2.75, 3.05) is 0 Å². The monoisotopic (exact) mass is 234 g/mol. The summed E-state index contributed by atoms with van der Waals surface area (Å²) in [6.45, 7) is 0. The van der Waals surface area contributed by atoms with Crippen molar-refractivity contribution in [1.29, 1.82) is 0 Å². The third-order valence-electron chi connectivity index (χ3n) is 3.48. The minimum absolute atomic E-state index is 0.190. The van der Waals surface area contributed by atoms with Crippen LogP contribution in [0.25, 0.3) is 0 Å². The Morgan fingerprint density at radius 1 is 1.25 bits per heavy atom. The second-order valence-electron chi connectivity index (χ2n) is 4.58. The van der Waals surface area contributed by atoms with E-state index in [2.05, 4.69) is 21.7 Å². The predicted octanol–water partition coefficient (Wildman–Crippen LogP) is 2.33. The van der Waals surface area contributed by atoms with Crippen molar-refractivity contribution in [2.24, 2.45) is 5.92 Å². The molecule has 2 aliphatic rings. The third-order valence-corrected chi connectivity index (χ3v) is 5.10. The Hall–Kier alpha value is -0.900. The lowest BCUT2D eigenvalue weighted by Gasteiger charge is -2.25. The van der Waals surface area contributed by atoms with Gasteiger partial charge in [-0.05, 0) is 25.7 Å². The number of nitrogens with zero attached hydrogens (tertiary/aromatic N) is 2. The van der Waals surface area contributed by atoms with Gasteiger partial charge in [-0.25, -0.2) is 4.98 Å². The number of thioether (sulfide) groups is 1. The van der Waals surface area contributed by atoms with E-state index in [0.717, 1.165) is 12.8 Å². The van der Waals surface area contributed by atoms with Gasteiger partial charge in [0.2, 0.25) is 0 Å². The lowest BCUT2D eigenvalue weighted by Crippen LogP contribution is -2.25. The van der Waals surface area contributed by atoms with Crippen LogP contribution in [0.1, 0.15) is 36.2 Å². The quantitative estimate of drug-likeness (QED) is 0.737. The van der Waals surface area contributed by atoms with E-state index in [1.54, 1.807) is 18.6 Å². The van der Waals surface area contributed by atoms with Gasteiger partial charge in [-0.1, -0.05) is 0 Å². The van der Waals surface area contributed by atoms with Gasteiger partial charge in [0.15, 0.2) is 5.78 Å². The van der Waals surface area contributed by atoms with Gasteiger partial charge in [0.25, 0.3) is 0 Å². The number of rotatable bonds is 2. The molecule has 2 unspecified atom stereocenters. The van der Waals surface area contributed by atoms with E-state index in [1.807, 2.05) is 0 Å². The predicted molar refractivity (Wildman–Crippen MR) is 63.5 cm³/mol. The lowest BCUT2D eigenvalue weighted by molar-refractivity contribution is 0.0901. The summed E-state index contributed by atoms with van der Waals surface area (Å²) in [5.74, 6) is 0.390. The van der Waals surface area contributed by atoms with Gasteiger partial charge in [-0.15, -0.1) is 0 Å². The van der Waals surface area contributed by atoms with Crippen molar-refractivity contribution in [2.45, 2.75) is 36.2 Å². The largest absolute Gasteiger partial charge is 0.292 e. The highest BCUT2D eigenvalue weighted by atomic mass is 32.2. The van der Waals surface area contributed by atoms with Crippen LogP contribution in [0.2, 0.25) is 0 Å². The Morgan fingerprint density at radius 2 is 2.00 bits per heavy atom. The summed E-state index contributed by atoms with van der Waals surface area (Å²) >= 11 is 2.08. The molecule has 0 N–H and O–H groups in total. The fourth-order valence-electron chi connectivity index (χ4n) is 2.71. The van der Waals surface area contributed by atoms with Crippen LogP contribution in [0.3, 0.4) is 0 Å². The van der Waals surface area contributed by atoms with Gasteiger partial charge < -0.3 is 0 Å². The summed E-state index contributed by atoms with van der Waals surface area (Å²) in [4.78, 5) is 20.3. The molecule has 2 saturated heterocycles. The van der Waals surface area contributed by atoms with E-state index < -0.39 is 0 Å². The number of ketones is 1. The molecule has 4 heteroatoms. The molecule has 0 spiro atoms. The van der Waals surface area contributed by atoms with Crippen LogP contribution in [0, 0.1) is 5.92 Å². The lowest BCUT2D eigenvalue weighted by atomic mass is 9.93. The molecular weight excluding hydrogens is 220 g/mol. The molecule has 2 bridgehead atoms. The van der Waals surface area contributed by atoms with Crippen molar-refractivity contribution < 1.29 is 4.79 Å². The molecule has 84 valence electrons. The van der Waals surface area contributed by atoms with Crippen molar-refractivity contribution in [3.63, 3.8) is 0 Å². The molecule has 0 saturated carbocycles. The zero-order valence-corrected chi connectivity index (χ0v) is 9.82. The number of hydrogen-bond acceptors (Lipinski definition) is 4.